The Kier molecular flexibility index (Phi) is 4.33. The summed E-state index contributed by atoms with van der Waals surface area (Å²) >= 11 is 0. The maximum atomic E-state index is 12.8. The van der Waals surface area contributed by atoms with E-state index in [1.165, 1.54) is 30.5 Å². The highest BCUT2D eigenvalue weighted by atomic mass is 19.1. The fourth-order valence-corrected chi connectivity index (χ4v) is 2.02. The maximum absolute atomic E-state index is 12.8. The Morgan fingerprint density at radius 3 is 2.29 bits per heavy atom. The third-order valence-corrected chi connectivity index (χ3v) is 2.96. The quantitative estimate of drug-likeness (QED) is 0.309. The van der Waals surface area contributed by atoms with Gasteiger partial charge in [0.2, 0.25) is 0 Å². The van der Waals surface area contributed by atoms with Gasteiger partial charge in [-0.2, -0.15) is 0 Å². The van der Waals surface area contributed by atoms with E-state index >= 15 is 0 Å². The summed E-state index contributed by atoms with van der Waals surface area (Å²) in [6, 6.07) is 8.62. The summed E-state index contributed by atoms with van der Waals surface area (Å²) in [4.78, 5) is 12.0. The van der Waals surface area contributed by atoms with Gasteiger partial charge in [0.1, 0.15) is 11.6 Å². The number of hydrogen-bond acceptors (Lipinski definition) is 4. The van der Waals surface area contributed by atoms with Crippen molar-refractivity contribution >= 4 is 12.2 Å². The Labute approximate surface area is 121 Å². The first kappa shape index (κ1) is 14.7. The van der Waals surface area contributed by atoms with Gasteiger partial charge in [-0.25, -0.2) is 9.18 Å². The Morgan fingerprint density at radius 1 is 1.19 bits per heavy atom. The molecule has 0 aliphatic rings. The van der Waals surface area contributed by atoms with Gasteiger partial charge in [-0.1, -0.05) is 5.16 Å². The molecule has 0 atom stereocenters. The predicted molar refractivity (Wildman–Crippen MR) is 76.7 cm³/mol. The molecule has 0 bridgehead atoms. The van der Waals surface area contributed by atoms with Gasteiger partial charge >= 0.3 is 5.97 Å². The third-order valence-electron chi connectivity index (χ3n) is 2.96. The summed E-state index contributed by atoms with van der Waals surface area (Å²) in [5.41, 5.74) is 2.45. The molecule has 0 aliphatic carbocycles. The summed E-state index contributed by atoms with van der Waals surface area (Å²) < 4.78 is 18.2. The van der Waals surface area contributed by atoms with E-state index in [-0.39, 0.29) is 5.56 Å². The van der Waals surface area contributed by atoms with Crippen molar-refractivity contribution in [2.45, 2.75) is 13.8 Å². The molecule has 0 unspecified atom stereocenters. The van der Waals surface area contributed by atoms with Crippen molar-refractivity contribution < 1.29 is 19.1 Å². The first-order valence-corrected chi connectivity index (χ1v) is 6.27. The zero-order chi connectivity index (χ0) is 15.4. The van der Waals surface area contributed by atoms with Crippen LogP contribution in [0.2, 0.25) is 0 Å². The van der Waals surface area contributed by atoms with Gasteiger partial charge in [-0.05, 0) is 66.9 Å². The zero-order valence-corrected chi connectivity index (χ0v) is 11.6. The molecule has 0 spiro atoms. The van der Waals surface area contributed by atoms with Gasteiger partial charge in [0.05, 0.1) is 11.8 Å². The summed E-state index contributed by atoms with van der Waals surface area (Å²) in [6.45, 7) is 3.57. The zero-order valence-electron chi connectivity index (χ0n) is 11.6. The van der Waals surface area contributed by atoms with E-state index in [1.54, 1.807) is 26.0 Å². The second-order valence-electron chi connectivity index (χ2n) is 4.62. The first-order valence-electron chi connectivity index (χ1n) is 6.27. The molecule has 108 valence electrons. The fraction of sp³-hybridized carbons (Fsp3) is 0.125. The third kappa shape index (κ3) is 3.45. The van der Waals surface area contributed by atoms with E-state index in [2.05, 4.69) is 5.16 Å². The minimum absolute atomic E-state index is 0.274. The van der Waals surface area contributed by atoms with Gasteiger partial charge in [-0.15, -0.1) is 0 Å². The Bertz CT molecular complexity index is 670. The molecular formula is C16H14FNO3. The number of rotatable bonds is 3. The van der Waals surface area contributed by atoms with E-state index < -0.39 is 11.8 Å². The van der Waals surface area contributed by atoms with Crippen LogP contribution in [0.15, 0.2) is 41.6 Å². The van der Waals surface area contributed by atoms with Crippen molar-refractivity contribution in [3.63, 3.8) is 0 Å². The van der Waals surface area contributed by atoms with E-state index in [1.807, 2.05) is 0 Å². The second-order valence-corrected chi connectivity index (χ2v) is 4.62. The highest BCUT2D eigenvalue weighted by molar-refractivity contribution is 5.91. The Balaban J connectivity index is 2.27. The molecule has 0 amide bonds. The lowest BCUT2D eigenvalue weighted by molar-refractivity contribution is 0.0732. The molecule has 2 rings (SSSR count). The summed E-state index contributed by atoms with van der Waals surface area (Å²) in [6.07, 6.45) is 1.30. The molecule has 0 saturated carbocycles. The average molecular weight is 287 g/mol. The number of oxime groups is 1. The van der Waals surface area contributed by atoms with Crippen molar-refractivity contribution in [3.8, 4) is 5.75 Å². The number of ether oxygens (including phenoxy) is 1. The minimum Gasteiger partial charge on any atom is -0.422 e. The maximum Gasteiger partial charge on any atom is 0.343 e. The van der Waals surface area contributed by atoms with Gasteiger partial charge in [-0.3, -0.25) is 0 Å². The van der Waals surface area contributed by atoms with Crippen molar-refractivity contribution in [1.29, 1.82) is 0 Å². The van der Waals surface area contributed by atoms with Crippen LogP contribution >= 0.6 is 0 Å². The lowest BCUT2D eigenvalue weighted by Crippen LogP contribution is -2.10. The molecule has 5 heteroatoms. The molecule has 0 radical (unpaired) electrons. The summed E-state index contributed by atoms with van der Waals surface area (Å²) in [7, 11) is 0. The molecule has 0 saturated heterocycles. The van der Waals surface area contributed by atoms with Crippen molar-refractivity contribution in [2.75, 3.05) is 0 Å². The molecule has 2 aromatic carbocycles. The van der Waals surface area contributed by atoms with Crippen molar-refractivity contribution in [1.82, 2.24) is 0 Å². The molecule has 0 aromatic heterocycles. The number of aryl methyl sites for hydroxylation is 2. The number of carbonyl (C=O) groups excluding carboxylic acids is 1. The van der Waals surface area contributed by atoms with Crippen molar-refractivity contribution in [2.24, 2.45) is 5.16 Å². The highest BCUT2D eigenvalue weighted by Crippen LogP contribution is 2.25. The Morgan fingerprint density at radius 2 is 1.76 bits per heavy atom. The average Bonchev–Trinajstić information content (AvgIpc) is 2.44. The summed E-state index contributed by atoms with van der Waals surface area (Å²) in [5.74, 6) is -0.518. The van der Waals surface area contributed by atoms with Crippen LogP contribution in [-0.4, -0.2) is 17.4 Å². The van der Waals surface area contributed by atoms with Gasteiger partial charge in [0.25, 0.3) is 0 Å². The van der Waals surface area contributed by atoms with E-state index in [0.717, 1.165) is 11.1 Å². The van der Waals surface area contributed by atoms with Gasteiger partial charge < -0.3 is 9.94 Å². The number of halogens is 1. The van der Waals surface area contributed by atoms with Crippen LogP contribution in [0, 0.1) is 19.7 Å². The van der Waals surface area contributed by atoms with Crippen LogP contribution in [-0.2, 0) is 0 Å². The Hall–Kier alpha value is -2.69. The smallest absolute Gasteiger partial charge is 0.343 e. The van der Waals surface area contributed by atoms with Gasteiger partial charge in [0, 0.05) is 0 Å². The molecule has 0 fully saturated rings. The molecule has 0 heterocycles. The lowest BCUT2D eigenvalue weighted by Gasteiger charge is -2.11. The van der Waals surface area contributed by atoms with Crippen LogP contribution in [0.3, 0.4) is 0 Å². The molecule has 21 heavy (non-hydrogen) atoms. The number of esters is 1. The van der Waals surface area contributed by atoms with Crippen LogP contribution in [0.1, 0.15) is 27.0 Å². The molecule has 1 N–H and O–H groups in total. The molecule has 2 aromatic rings. The van der Waals surface area contributed by atoms with Crippen LogP contribution < -0.4 is 4.74 Å². The number of hydrogen-bond donors (Lipinski definition) is 1. The number of nitrogens with zero attached hydrogens (tertiary/aromatic N) is 1. The number of benzene rings is 2. The topological polar surface area (TPSA) is 58.9 Å². The highest BCUT2D eigenvalue weighted by Gasteiger charge is 2.13. The standard InChI is InChI=1S/C16H14FNO3/c1-10-7-12(9-18-20)8-11(2)15(10)21-16(19)13-3-5-14(17)6-4-13/h3-9,20H,1-2H3/b18-9+. The van der Waals surface area contributed by atoms with Crippen molar-refractivity contribution in [3.05, 3.63) is 64.5 Å². The van der Waals surface area contributed by atoms with E-state index in [0.29, 0.717) is 11.3 Å². The summed E-state index contributed by atoms with van der Waals surface area (Å²) in [5, 5.41) is 11.5. The fourth-order valence-electron chi connectivity index (χ4n) is 2.02. The van der Waals surface area contributed by atoms with E-state index in [9.17, 15) is 9.18 Å². The second kappa shape index (κ2) is 6.17. The van der Waals surface area contributed by atoms with Gasteiger partial charge in [0.15, 0.2) is 0 Å². The number of carbonyl (C=O) groups is 1. The largest absolute Gasteiger partial charge is 0.422 e. The molecule has 4 nitrogen and oxygen atoms in total. The monoisotopic (exact) mass is 287 g/mol. The minimum atomic E-state index is -0.551. The predicted octanol–water partition coefficient (Wildman–Crippen LogP) is 3.47. The molecule has 0 aliphatic heterocycles. The van der Waals surface area contributed by atoms with E-state index in [4.69, 9.17) is 9.94 Å². The normalized spacial score (nSPS) is 10.8. The van der Waals surface area contributed by atoms with Crippen LogP contribution in [0.5, 0.6) is 5.75 Å². The SMILES string of the molecule is Cc1cc(/C=N/O)cc(C)c1OC(=O)c1ccc(F)cc1. The first-order chi connectivity index (χ1) is 10.0. The van der Waals surface area contributed by atoms with Crippen LogP contribution in [0.4, 0.5) is 4.39 Å². The molecular weight excluding hydrogens is 273 g/mol. The lowest BCUT2D eigenvalue weighted by atomic mass is 10.1. The van der Waals surface area contributed by atoms with Crippen LogP contribution in [0.25, 0.3) is 0 Å².